The van der Waals surface area contributed by atoms with Crippen LogP contribution >= 0.6 is 0 Å². The van der Waals surface area contributed by atoms with Crippen molar-refractivity contribution in [3.63, 3.8) is 0 Å². The van der Waals surface area contributed by atoms with Gasteiger partial charge >= 0.3 is 6.09 Å². The lowest BCUT2D eigenvalue weighted by Gasteiger charge is -2.19. The van der Waals surface area contributed by atoms with Crippen molar-refractivity contribution < 1.29 is 14.4 Å². The Balaban J connectivity index is 2.60. The molecule has 0 atom stereocenters. The van der Waals surface area contributed by atoms with Gasteiger partial charge in [0.2, 0.25) is 0 Å². The highest BCUT2D eigenvalue weighted by Gasteiger charge is 2.17. The zero-order chi connectivity index (χ0) is 12.2. The van der Waals surface area contributed by atoms with E-state index in [1.165, 1.54) is 10.9 Å². The summed E-state index contributed by atoms with van der Waals surface area (Å²) in [4.78, 5) is 20.1. The van der Waals surface area contributed by atoms with E-state index in [1.54, 1.807) is 6.20 Å². The van der Waals surface area contributed by atoms with E-state index >= 15 is 0 Å². The minimum Gasteiger partial charge on any atom is -0.443 e. The molecule has 0 amide bonds. The van der Waals surface area contributed by atoms with Gasteiger partial charge in [-0.25, -0.2) is 20.2 Å². The van der Waals surface area contributed by atoms with Crippen LogP contribution < -0.4 is 5.90 Å². The lowest BCUT2D eigenvalue weighted by molar-refractivity contribution is 0.0536. The Labute approximate surface area is 94.3 Å². The number of imidazole rings is 1. The molecule has 0 bridgehead atoms. The zero-order valence-electron chi connectivity index (χ0n) is 9.77. The van der Waals surface area contributed by atoms with Gasteiger partial charge in [-0.1, -0.05) is 0 Å². The molecule has 90 valence electrons. The minimum atomic E-state index is -0.512. The molecule has 1 heterocycles. The van der Waals surface area contributed by atoms with Crippen molar-refractivity contribution in [2.45, 2.75) is 32.8 Å². The molecule has 0 saturated carbocycles. The van der Waals surface area contributed by atoms with Gasteiger partial charge in [0.25, 0.3) is 0 Å². The highest BCUT2D eigenvalue weighted by atomic mass is 16.6. The molecule has 0 aromatic carbocycles. The molecule has 1 rings (SSSR count). The van der Waals surface area contributed by atoms with E-state index < -0.39 is 11.7 Å². The van der Waals surface area contributed by atoms with E-state index in [-0.39, 0.29) is 0 Å². The Hall–Kier alpha value is -1.40. The molecule has 16 heavy (non-hydrogen) atoms. The first kappa shape index (κ1) is 12.7. The van der Waals surface area contributed by atoms with Crippen LogP contribution in [-0.4, -0.2) is 27.9 Å². The highest BCUT2D eigenvalue weighted by molar-refractivity contribution is 5.70. The Morgan fingerprint density at radius 2 is 2.25 bits per heavy atom. The van der Waals surface area contributed by atoms with E-state index in [4.69, 9.17) is 10.6 Å². The van der Waals surface area contributed by atoms with Gasteiger partial charge in [0.1, 0.15) is 11.9 Å². The summed E-state index contributed by atoms with van der Waals surface area (Å²) in [6.45, 7) is 5.80. The molecule has 6 nitrogen and oxygen atoms in total. The largest absolute Gasteiger partial charge is 0.443 e. The summed E-state index contributed by atoms with van der Waals surface area (Å²) in [6.07, 6.45) is 3.14. The molecule has 0 aliphatic carbocycles. The third kappa shape index (κ3) is 4.00. The van der Waals surface area contributed by atoms with E-state index in [0.717, 1.165) is 5.69 Å². The van der Waals surface area contributed by atoms with Gasteiger partial charge in [0.05, 0.1) is 12.3 Å². The molecule has 0 spiro atoms. The summed E-state index contributed by atoms with van der Waals surface area (Å²) < 4.78 is 6.47. The number of aromatic nitrogens is 2. The molecule has 1 aromatic rings. The Morgan fingerprint density at radius 3 is 2.81 bits per heavy atom. The summed E-state index contributed by atoms with van der Waals surface area (Å²) in [5, 5.41) is 0. The normalized spacial score (nSPS) is 11.5. The number of nitrogens with zero attached hydrogens (tertiary/aromatic N) is 2. The first-order valence-corrected chi connectivity index (χ1v) is 5.00. The smallest absolute Gasteiger partial charge is 0.419 e. The topological polar surface area (TPSA) is 79.4 Å². The number of ether oxygens (including phenoxy) is 1. The van der Waals surface area contributed by atoms with Crippen LogP contribution in [0.5, 0.6) is 0 Å². The monoisotopic (exact) mass is 227 g/mol. The van der Waals surface area contributed by atoms with Crippen molar-refractivity contribution in [3.8, 4) is 0 Å². The number of hydrogen-bond donors (Lipinski definition) is 1. The first-order valence-electron chi connectivity index (χ1n) is 5.00. The summed E-state index contributed by atoms with van der Waals surface area (Å²) in [7, 11) is 0. The molecule has 0 aliphatic rings. The van der Waals surface area contributed by atoms with Crippen molar-refractivity contribution in [2.24, 2.45) is 5.90 Å². The third-order valence-electron chi connectivity index (χ3n) is 1.72. The third-order valence-corrected chi connectivity index (χ3v) is 1.72. The van der Waals surface area contributed by atoms with Crippen LogP contribution in [0, 0.1) is 0 Å². The summed E-state index contributed by atoms with van der Waals surface area (Å²) in [6, 6.07) is 0. The molecule has 1 aromatic heterocycles. The van der Waals surface area contributed by atoms with E-state index in [1.807, 2.05) is 20.8 Å². The summed E-state index contributed by atoms with van der Waals surface area (Å²) in [5.74, 6) is 4.90. The molecule has 0 aliphatic heterocycles. The molecular formula is C10H17N3O3. The fraction of sp³-hybridized carbons (Fsp3) is 0.600. The predicted octanol–water partition coefficient (Wildman–Crippen LogP) is 1.10. The predicted molar refractivity (Wildman–Crippen MR) is 57.7 cm³/mol. The maximum absolute atomic E-state index is 11.6. The quantitative estimate of drug-likeness (QED) is 0.782. The van der Waals surface area contributed by atoms with Crippen molar-refractivity contribution in [1.29, 1.82) is 0 Å². The lowest BCUT2D eigenvalue weighted by atomic mass is 10.2. The fourth-order valence-corrected chi connectivity index (χ4v) is 1.07. The van der Waals surface area contributed by atoms with Gasteiger partial charge in [-0.3, -0.25) is 0 Å². The average molecular weight is 227 g/mol. The van der Waals surface area contributed by atoms with Crippen LogP contribution in [0.1, 0.15) is 26.5 Å². The van der Waals surface area contributed by atoms with Crippen LogP contribution in [0.25, 0.3) is 0 Å². The Morgan fingerprint density at radius 1 is 1.56 bits per heavy atom. The number of rotatable bonds is 3. The second-order valence-corrected chi connectivity index (χ2v) is 4.37. The Bertz CT molecular complexity index is 354. The molecule has 0 saturated heterocycles. The van der Waals surface area contributed by atoms with Crippen molar-refractivity contribution >= 4 is 6.09 Å². The maximum atomic E-state index is 11.6. The zero-order valence-corrected chi connectivity index (χ0v) is 9.77. The van der Waals surface area contributed by atoms with Gasteiger partial charge in [-0.05, 0) is 20.8 Å². The SMILES string of the molecule is CC(C)(C)OC(=O)n1cnc(CCON)c1. The van der Waals surface area contributed by atoms with Crippen LogP contribution in [-0.2, 0) is 16.0 Å². The van der Waals surface area contributed by atoms with Crippen LogP contribution in [0.3, 0.4) is 0 Å². The number of carbonyl (C=O) groups is 1. The van der Waals surface area contributed by atoms with Crippen molar-refractivity contribution in [1.82, 2.24) is 9.55 Å². The first-order chi connectivity index (χ1) is 7.42. The molecular weight excluding hydrogens is 210 g/mol. The van der Waals surface area contributed by atoms with E-state index in [9.17, 15) is 4.79 Å². The number of carbonyl (C=O) groups excluding carboxylic acids is 1. The van der Waals surface area contributed by atoms with E-state index in [0.29, 0.717) is 13.0 Å². The highest BCUT2D eigenvalue weighted by Crippen LogP contribution is 2.09. The average Bonchev–Trinajstić information content (AvgIpc) is 2.60. The molecule has 2 N–H and O–H groups in total. The van der Waals surface area contributed by atoms with Gasteiger partial charge in [0.15, 0.2) is 0 Å². The van der Waals surface area contributed by atoms with E-state index in [2.05, 4.69) is 9.82 Å². The molecule has 6 heteroatoms. The van der Waals surface area contributed by atoms with Gasteiger partial charge in [0, 0.05) is 12.6 Å². The number of hydrogen-bond acceptors (Lipinski definition) is 5. The summed E-state index contributed by atoms with van der Waals surface area (Å²) in [5.41, 5.74) is 0.221. The molecule has 0 fully saturated rings. The van der Waals surface area contributed by atoms with Gasteiger partial charge in [-0.15, -0.1) is 0 Å². The standard InChI is InChI=1S/C10H17N3O3/c1-10(2,3)16-9(14)13-6-8(12-7-13)4-5-15-11/h6-7H,4-5,11H2,1-3H3. The van der Waals surface area contributed by atoms with Crippen LogP contribution in [0.2, 0.25) is 0 Å². The van der Waals surface area contributed by atoms with Crippen LogP contribution in [0.4, 0.5) is 4.79 Å². The van der Waals surface area contributed by atoms with Crippen molar-refractivity contribution in [2.75, 3.05) is 6.61 Å². The molecule has 0 unspecified atom stereocenters. The fourth-order valence-electron chi connectivity index (χ4n) is 1.07. The molecule has 0 radical (unpaired) electrons. The van der Waals surface area contributed by atoms with Gasteiger partial charge in [-0.2, -0.15) is 0 Å². The number of nitrogens with two attached hydrogens (primary N) is 1. The lowest BCUT2D eigenvalue weighted by Crippen LogP contribution is -2.26. The maximum Gasteiger partial charge on any atom is 0.419 e. The van der Waals surface area contributed by atoms with Gasteiger partial charge < -0.3 is 9.57 Å². The summed E-state index contributed by atoms with van der Waals surface area (Å²) >= 11 is 0. The van der Waals surface area contributed by atoms with Crippen LogP contribution in [0.15, 0.2) is 12.5 Å². The second-order valence-electron chi connectivity index (χ2n) is 4.37. The second kappa shape index (κ2) is 5.09. The Kier molecular flexibility index (Phi) is 4.03. The minimum absolute atomic E-state index is 0.366. The van der Waals surface area contributed by atoms with Crippen molar-refractivity contribution in [3.05, 3.63) is 18.2 Å².